The predicted octanol–water partition coefficient (Wildman–Crippen LogP) is 2.56. The molecule has 1 aliphatic rings. The maximum atomic E-state index is 11.7. The lowest BCUT2D eigenvalue weighted by Crippen LogP contribution is -2.36. The number of likely N-dealkylation sites (N-methyl/N-ethyl adjacent to an activating group) is 1. The van der Waals surface area contributed by atoms with Crippen LogP contribution >= 0.6 is 0 Å². The Labute approximate surface area is 138 Å². The van der Waals surface area contributed by atoms with Gasteiger partial charge in [-0.2, -0.15) is 0 Å². The number of anilines is 1. The Morgan fingerprint density at radius 1 is 1.43 bits per heavy atom. The highest BCUT2D eigenvalue weighted by molar-refractivity contribution is 5.68. The van der Waals surface area contributed by atoms with Gasteiger partial charge in [0.15, 0.2) is 0 Å². The standard InChI is InChI=1S/C18H26N2O3/c1-18(2,3)23-17(22)19-11-14(12-21)9-13-5-6-16-15(10-13)7-8-20(16)4/h5-6,10,12,14H,7-9,11H2,1-4H3,(H,19,22)/t14-/m1/s1. The van der Waals surface area contributed by atoms with Crippen molar-refractivity contribution < 1.29 is 14.3 Å². The normalized spacial score (nSPS) is 15.0. The molecule has 0 saturated carbocycles. The van der Waals surface area contributed by atoms with Crippen molar-refractivity contribution in [3.63, 3.8) is 0 Å². The molecular weight excluding hydrogens is 292 g/mol. The summed E-state index contributed by atoms with van der Waals surface area (Å²) in [5.74, 6) is -0.250. The Balaban J connectivity index is 1.90. The van der Waals surface area contributed by atoms with Gasteiger partial charge < -0.3 is 19.7 Å². The van der Waals surface area contributed by atoms with Crippen molar-refractivity contribution in [3.05, 3.63) is 29.3 Å². The van der Waals surface area contributed by atoms with Gasteiger partial charge in [-0.25, -0.2) is 4.79 Å². The van der Waals surface area contributed by atoms with Crippen LogP contribution in [0.4, 0.5) is 10.5 Å². The molecule has 5 heteroatoms. The number of alkyl carbamates (subject to hydrolysis) is 1. The number of nitrogens with zero attached hydrogens (tertiary/aromatic N) is 1. The first-order valence-corrected chi connectivity index (χ1v) is 8.03. The van der Waals surface area contributed by atoms with Crippen LogP contribution < -0.4 is 10.2 Å². The van der Waals surface area contributed by atoms with E-state index in [0.29, 0.717) is 6.42 Å². The fourth-order valence-electron chi connectivity index (χ4n) is 2.75. The molecule has 0 aromatic heterocycles. The van der Waals surface area contributed by atoms with Gasteiger partial charge in [0.25, 0.3) is 0 Å². The van der Waals surface area contributed by atoms with Crippen LogP contribution in [0.5, 0.6) is 0 Å². The molecule has 2 rings (SSSR count). The molecule has 1 heterocycles. The lowest BCUT2D eigenvalue weighted by Gasteiger charge is -2.20. The van der Waals surface area contributed by atoms with E-state index in [1.807, 2.05) is 20.8 Å². The van der Waals surface area contributed by atoms with Gasteiger partial charge in [-0.15, -0.1) is 0 Å². The highest BCUT2D eigenvalue weighted by Gasteiger charge is 2.19. The van der Waals surface area contributed by atoms with Crippen LogP contribution in [0.25, 0.3) is 0 Å². The number of nitrogens with one attached hydrogen (secondary N) is 1. The molecule has 0 bridgehead atoms. The maximum absolute atomic E-state index is 11.7. The fourth-order valence-corrected chi connectivity index (χ4v) is 2.75. The van der Waals surface area contributed by atoms with E-state index >= 15 is 0 Å². The zero-order valence-corrected chi connectivity index (χ0v) is 14.4. The number of rotatable bonds is 5. The van der Waals surface area contributed by atoms with Gasteiger partial charge in [-0.05, 0) is 50.8 Å². The molecule has 1 aliphatic heterocycles. The first kappa shape index (κ1) is 17.3. The van der Waals surface area contributed by atoms with E-state index in [4.69, 9.17) is 4.74 Å². The summed E-state index contributed by atoms with van der Waals surface area (Å²) in [4.78, 5) is 25.2. The summed E-state index contributed by atoms with van der Waals surface area (Å²) in [5.41, 5.74) is 3.19. The minimum Gasteiger partial charge on any atom is -0.444 e. The van der Waals surface area contributed by atoms with Gasteiger partial charge in [0, 0.05) is 31.7 Å². The third kappa shape index (κ3) is 4.98. The highest BCUT2D eigenvalue weighted by atomic mass is 16.6. The second-order valence-corrected chi connectivity index (χ2v) is 7.12. The summed E-state index contributed by atoms with van der Waals surface area (Å²) in [7, 11) is 2.09. The molecule has 0 saturated heterocycles. The molecule has 23 heavy (non-hydrogen) atoms. The van der Waals surface area contributed by atoms with Crippen molar-refractivity contribution in [1.82, 2.24) is 5.32 Å². The SMILES string of the molecule is CN1CCc2cc(C[C@@H](C=O)CNC(=O)OC(C)(C)C)ccc21. The van der Waals surface area contributed by atoms with Crippen LogP contribution in [-0.2, 0) is 22.4 Å². The smallest absolute Gasteiger partial charge is 0.407 e. The maximum Gasteiger partial charge on any atom is 0.407 e. The Hall–Kier alpha value is -2.04. The van der Waals surface area contributed by atoms with Crippen LogP contribution in [0.15, 0.2) is 18.2 Å². The third-order valence-corrected chi connectivity index (χ3v) is 3.87. The summed E-state index contributed by atoms with van der Waals surface area (Å²) in [5, 5.41) is 2.67. The number of carbonyl (C=O) groups is 2. The summed E-state index contributed by atoms with van der Waals surface area (Å²) >= 11 is 0. The minimum absolute atomic E-state index is 0.250. The lowest BCUT2D eigenvalue weighted by molar-refractivity contribution is -0.110. The number of benzene rings is 1. The average molecular weight is 318 g/mol. The molecule has 0 unspecified atom stereocenters. The average Bonchev–Trinajstić information content (AvgIpc) is 2.82. The van der Waals surface area contributed by atoms with E-state index in [1.54, 1.807) is 0 Å². The van der Waals surface area contributed by atoms with E-state index < -0.39 is 11.7 Å². The molecule has 0 aliphatic carbocycles. The molecule has 0 spiro atoms. The molecular formula is C18H26N2O3. The number of aldehydes is 1. The zero-order chi connectivity index (χ0) is 17.0. The number of hydrogen-bond acceptors (Lipinski definition) is 4. The van der Waals surface area contributed by atoms with Crippen LogP contribution in [-0.4, -0.2) is 38.1 Å². The molecule has 1 atom stereocenters. The van der Waals surface area contributed by atoms with Gasteiger partial charge in [-0.1, -0.05) is 12.1 Å². The van der Waals surface area contributed by atoms with Gasteiger partial charge in [0.05, 0.1) is 0 Å². The van der Waals surface area contributed by atoms with Gasteiger partial charge in [-0.3, -0.25) is 0 Å². The van der Waals surface area contributed by atoms with Crippen molar-refractivity contribution in [1.29, 1.82) is 0 Å². The quantitative estimate of drug-likeness (QED) is 0.848. The summed E-state index contributed by atoms with van der Waals surface area (Å²) in [6.07, 6.45) is 2.08. The van der Waals surface area contributed by atoms with E-state index in [-0.39, 0.29) is 12.5 Å². The third-order valence-electron chi connectivity index (χ3n) is 3.87. The molecule has 0 radical (unpaired) electrons. The number of carbonyl (C=O) groups excluding carboxylic acids is 2. The lowest BCUT2D eigenvalue weighted by atomic mass is 9.98. The highest BCUT2D eigenvalue weighted by Crippen LogP contribution is 2.28. The summed E-state index contributed by atoms with van der Waals surface area (Å²) < 4.78 is 5.18. The number of ether oxygens (including phenoxy) is 1. The van der Waals surface area contributed by atoms with E-state index in [1.165, 1.54) is 11.3 Å². The van der Waals surface area contributed by atoms with Crippen LogP contribution in [0, 0.1) is 5.92 Å². The minimum atomic E-state index is -0.535. The second-order valence-electron chi connectivity index (χ2n) is 7.12. The zero-order valence-electron chi connectivity index (χ0n) is 14.4. The fraction of sp³-hybridized carbons (Fsp3) is 0.556. The molecule has 1 N–H and O–H groups in total. The monoisotopic (exact) mass is 318 g/mol. The summed E-state index contributed by atoms with van der Waals surface area (Å²) in [6, 6.07) is 6.34. The molecule has 0 fully saturated rings. The van der Waals surface area contributed by atoms with Crippen LogP contribution in [0.2, 0.25) is 0 Å². The van der Waals surface area contributed by atoms with E-state index in [2.05, 4.69) is 35.5 Å². The molecule has 1 amide bonds. The number of fused-ring (bicyclic) bond motifs is 1. The Kier molecular flexibility index (Phi) is 5.29. The Morgan fingerprint density at radius 3 is 2.83 bits per heavy atom. The van der Waals surface area contributed by atoms with Gasteiger partial charge in [0.1, 0.15) is 11.9 Å². The first-order valence-electron chi connectivity index (χ1n) is 8.03. The van der Waals surface area contributed by atoms with Crippen molar-refractivity contribution in [2.75, 3.05) is 25.0 Å². The van der Waals surface area contributed by atoms with E-state index in [9.17, 15) is 9.59 Å². The van der Waals surface area contributed by atoms with Crippen molar-refractivity contribution >= 4 is 18.1 Å². The number of amides is 1. The van der Waals surface area contributed by atoms with Crippen LogP contribution in [0.3, 0.4) is 0 Å². The molecule has 5 nitrogen and oxygen atoms in total. The first-order chi connectivity index (χ1) is 10.8. The Morgan fingerprint density at radius 2 is 2.17 bits per heavy atom. The van der Waals surface area contributed by atoms with Crippen LogP contribution in [0.1, 0.15) is 31.9 Å². The number of hydrogen-bond donors (Lipinski definition) is 1. The van der Waals surface area contributed by atoms with Gasteiger partial charge >= 0.3 is 6.09 Å². The largest absolute Gasteiger partial charge is 0.444 e. The predicted molar refractivity (Wildman–Crippen MR) is 90.9 cm³/mol. The van der Waals surface area contributed by atoms with Crippen molar-refractivity contribution in [2.24, 2.45) is 5.92 Å². The molecule has 1 aromatic rings. The summed E-state index contributed by atoms with van der Waals surface area (Å²) in [6.45, 7) is 6.76. The second kappa shape index (κ2) is 7.02. The molecule has 126 valence electrons. The Bertz CT molecular complexity index is 578. The van der Waals surface area contributed by atoms with Gasteiger partial charge in [0.2, 0.25) is 0 Å². The van der Waals surface area contributed by atoms with E-state index in [0.717, 1.165) is 24.8 Å². The van der Waals surface area contributed by atoms with Crippen molar-refractivity contribution in [2.45, 2.75) is 39.2 Å². The topological polar surface area (TPSA) is 58.6 Å². The van der Waals surface area contributed by atoms with Crippen molar-refractivity contribution in [3.8, 4) is 0 Å². The molecule has 1 aromatic carbocycles.